The summed E-state index contributed by atoms with van der Waals surface area (Å²) in [5, 5.41) is 0. The van der Waals surface area contributed by atoms with Crippen LogP contribution in [-0.4, -0.2) is 17.5 Å². The van der Waals surface area contributed by atoms with E-state index in [0.29, 0.717) is 6.04 Å². The first-order chi connectivity index (χ1) is 8.08. The van der Waals surface area contributed by atoms with E-state index in [-0.39, 0.29) is 0 Å². The molecule has 2 N–H and O–H groups in total. The van der Waals surface area contributed by atoms with Crippen molar-refractivity contribution in [3.63, 3.8) is 0 Å². The van der Waals surface area contributed by atoms with Crippen LogP contribution in [0, 0.1) is 5.92 Å². The van der Waals surface area contributed by atoms with Gasteiger partial charge in [-0.2, -0.15) is 0 Å². The largest absolute Gasteiger partial charge is 0.399 e. The highest BCUT2D eigenvalue weighted by Crippen LogP contribution is 2.34. The van der Waals surface area contributed by atoms with Crippen molar-refractivity contribution in [1.29, 1.82) is 0 Å². The van der Waals surface area contributed by atoms with Crippen molar-refractivity contribution in [2.24, 2.45) is 5.92 Å². The van der Waals surface area contributed by atoms with Crippen LogP contribution in [0.4, 0.5) is 5.69 Å². The van der Waals surface area contributed by atoms with Gasteiger partial charge in [0.05, 0.1) is 0 Å². The van der Waals surface area contributed by atoms with Crippen molar-refractivity contribution in [3.8, 4) is 0 Å². The highest BCUT2D eigenvalue weighted by molar-refractivity contribution is 5.40. The first-order valence-corrected chi connectivity index (χ1v) is 6.69. The van der Waals surface area contributed by atoms with Gasteiger partial charge in [0.25, 0.3) is 0 Å². The maximum atomic E-state index is 5.74. The Morgan fingerprint density at radius 1 is 1.18 bits per heavy atom. The van der Waals surface area contributed by atoms with Gasteiger partial charge in [-0.1, -0.05) is 26.0 Å². The summed E-state index contributed by atoms with van der Waals surface area (Å²) in [7, 11) is 0. The lowest BCUT2D eigenvalue weighted by atomic mass is 10.0. The fraction of sp³-hybridized carbons (Fsp3) is 0.600. The minimum absolute atomic E-state index is 0.505. The summed E-state index contributed by atoms with van der Waals surface area (Å²) in [6.07, 6.45) is 2.73. The first kappa shape index (κ1) is 12.4. The summed E-state index contributed by atoms with van der Waals surface area (Å²) >= 11 is 0. The van der Waals surface area contributed by atoms with E-state index in [0.717, 1.165) is 17.6 Å². The van der Waals surface area contributed by atoms with E-state index >= 15 is 0 Å². The zero-order valence-electron chi connectivity index (χ0n) is 11.2. The standard InChI is InChI=1S/C15H24N2/c1-11(2)10-17(15-8-9-15)12(3)13-4-6-14(16)7-5-13/h4-7,11-12,15H,8-10,16H2,1-3H3. The van der Waals surface area contributed by atoms with E-state index in [2.05, 4.69) is 37.8 Å². The van der Waals surface area contributed by atoms with Gasteiger partial charge >= 0.3 is 0 Å². The third-order valence-electron chi connectivity index (χ3n) is 3.51. The van der Waals surface area contributed by atoms with E-state index in [1.54, 1.807) is 0 Å². The highest BCUT2D eigenvalue weighted by Gasteiger charge is 2.32. The van der Waals surface area contributed by atoms with Crippen molar-refractivity contribution < 1.29 is 0 Å². The second-order valence-electron chi connectivity index (χ2n) is 5.66. The molecule has 2 nitrogen and oxygen atoms in total. The number of hydrogen-bond donors (Lipinski definition) is 1. The molecule has 1 aliphatic carbocycles. The van der Waals surface area contributed by atoms with Crippen LogP contribution in [0.3, 0.4) is 0 Å². The van der Waals surface area contributed by atoms with Crippen molar-refractivity contribution >= 4 is 5.69 Å². The molecule has 0 heterocycles. The number of anilines is 1. The minimum Gasteiger partial charge on any atom is -0.399 e. The molecule has 1 aromatic rings. The molecule has 1 saturated carbocycles. The number of nitrogens with zero attached hydrogens (tertiary/aromatic N) is 1. The van der Waals surface area contributed by atoms with Gasteiger partial charge < -0.3 is 5.73 Å². The van der Waals surface area contributed by atoms with Crippen LogP contribution >= 0.6 is 0 Å². The van der Waals surface area contributed by atoms with Crippen molar-refractivity contribution in [2.75, 3.05) is 12.3 Å². The molecule has 2 heteroatoms. The molecule has 0 aromatic heterocycles. The van der Waals surface area contributed by atoms with Crippen LogP contribution in [-0.2, 0) is 0 Å². The fourth-order valence-electron chi connectivity index (χ4n) is 2.42. The second kappa shape index (κ2) is 5.09. The highest BCUT2D eigenvalue weighted by atomic mass is 15.2. The topological polar surface area (TPSA) is 29.3 Å². The quantitative estimate of drug-likeness (QED) is 0.788. The normalized spacial score (nSPS) is 17.7. The Morgan fingerprint density at radius 3 is 2.24 bits per heavy atom. The molecule has 2 rings (SSSR count). The fourth-order valence-corrected chi connectivity index (χ4v) is 2.42. The minimum atomic E-state index is 0.505. The van der Waals surface area contributed by atoms with Gasteiger partial charge in [0.2, 0.25) is 0 Å². The Kier molecular flexibility index (Phi) is 3.72. The molecule has 0 amide bonds. The average Bonchev–Trinajstić information content (AvgIpc) is 3.09. The molecule has 1 atom stereocenters. The molecule has 0 radical (unpaired) electrons. The van der Waals surface area contributed by atoms with Crippen molar-refractivity contribution in [1.82, 2.24) is 4.90 Å². The molecular weight excluding hydrogens is 208 g/mol. The molecule has 0 saturated heterocycles. The third-order valence-corrected chi connectivity index (χ3v) is 3.51. The maximum Gasteiger partial charge on any atom is 0.0322 e. The maximum absolute atomic E-state index is 5.74. The molecule has 94 valence electrons. The molecule has 1 fully saturated rings. The molecule has 17 heavy (non-hydrogen) atoms. The Labute approximate surface area is 105 Å². The van der Waals surface area contributed by atoms with Crippen LogP contribution in [0.5, 0.6) is 0 Å². The summed E-state index contributed by atoms with van der Waals surface area (Å²) in [5.74, 6) is 0.729. The summed E-state index contributed by atoms with van der Waals surface area (Å²) in [6.45, 7) is 8.10. The monoisotopic (exact) mass is 232 g/mol. The lowest BCUT2D eigenvalue weighted by Gasteiger charge is -2.31. The zero-order chi connectivity index (χ0) is 12.4. The molecular formula is C15H24N2. The van der Waals surface area contributed by atoms with E-state index in [1.807, 2.05) is 12.1 Å². The molecule has 0 aliphatic heterocycles. The van der Waals surface area contributed by atoms with Crippen LogP contribution in [0.15, 0.2) is 24.3 Å². The van der Waals surface area contributed by atoms with Crippen LogP contribution in [0.1, 0.15) is 45.2 Å². The second-order valence-corrected chi connectivity index (χ2v) is 5.66. The van der Waals surface area contributed by atoms with E-state index < -0.39 is 0 Å². The molecule has 0 bridgehead atoms. The van der Waals surface area contributed by atoms with Gasteiger partial charge in [-0.25, -0.2) is 0 Å². The molecule has 0 spiro atoms. The zero-order valence-corrected chi connectivity index (χ0v) is 11.2. The number of rotatable bonds is 5. The number of hydrogen-bond acceptors (Lipinski definition) is 2. The van der Waals surface area contributed by atoms with Gasteiger partial charge in [-0.05, 0) is 43.4 Å². The van der Waals surface area contributed by atoms with E-state index in [4.69, 9.17) is 5.73 Å². The smallest absolute Gasteiger partial charge is 0.0322 e. The number of benzene rings is 1. The number of nitrogens with two attached hydrogens (primary N) is 1. The van der Waals surface area contributed by atoms with Crippen LogP contribution < -0.4 is 5.73 Å². The molecule has 1 aliphatic rings. The van der Waals surface area contributed by atoms with E-state index in [9.17, 15) is 0 Å². The predicted octanol–water partition coefficient (Wildman–Crippen LogP) is 3.45. The SMILES string of the molecule is CC(C)CN(C1CC1)C(C)c1ccc(N)cc1. The first-order valence-electron chi connectivity index (χ1n) is 6.69. The lowest BCUT2D eigenvalue weighted by Crippen LogP contribution is -2.32. The lowest BCUT2D eigenvalue weighted by molar-refractivity contribution is 0.177. The summed E-state index contributed by atoms with van der Waals surface area (Å²) < 4.78 is 0. The Bertz CT molecular complexity index is 352. The molecule has 1 aromatic carbocycles. The van der Waals surface area contributed by atoms with Crippen molar-refractivity contribution in [2.45, 2.75) is 45.7 Å². The van der Waals surface area contributed by atoms with Gasteiger partial charge in [0.1, 0.15) is 0 Å². The van der Waals surface area contributed by atoms with Gasteiger partial charge in [0.15, 0.2) is 0 Å². The summed E-state index contributed by atoms with van der Waals surface area (Å²) in [5.41, 5.74) is 7.97. The van der Waals surface area contributed by atoms with Gasteiger partial charge in [-0.15, -0.1) is 0 Å². The van der Waals surface area contributed by atoms with Crippen molar-refractivity contribution in [3.05, 3.63) is 29.8 Å². The third kappa shape index (κ3) is 3.22. The Hall–Kier alpha value is -1.02. The van der Waals surface area contributed by atoms with Gasteiger partial charge in [0, 0.05) is 24.3 Å². The molecule has 1 unspecified atom stereocenters. The Morgan fingerprint density at radius 2 is 1.76 bits per heavy atom. The Balaban J connectivity index is 2.09. The summed E-state index contributed by atoms with van der Waals surface area (Å²) in [4.78, 5) is 2.65. The predicted molar refractivity (Wildman–Crippen MR) is 73.8 cm³/mol. The van der Waals surface area contributed by atoms with Crippen LogP contribution in [0.25, 0.3) is 0 Å². The number of nitrogen functional groups attached to an aromatic ring is 1. The van der Waals surface area contributed by atoms with Crippen LogP contribution in [0.2, 0.25) is 0 Å². The average molecular weight is 232 g/mol. The van der Waals surface area contributed by atoms with Gasteiger partial charge in [-0.3, -0.25) is 4.90 Å². The van der Waals surface area contributed by atoms with E-state index in [1.165, 1.54) is 24.9 Å². The summed E-state index contributed by atoms with van der Waals surface area (Å²) in [6, 6.07) is 9.65.